The highest BCUT2D eigenvalue weighted by Crippen LogP contribution is 2.27. The van der Waals surface area contributed by atoms with Crippen LogP contribution in [0.3, 0.4) is 0 Å². The van der Waals surface area contributed by atoms with Crippen molar-refractivity contribution in [3.8, 4) is 5.75 Å². The van der Waals surface area contributed by atoms with E-state index < -0.39 is 0 Å². The Morgan fingerprint density at radius 3 is 2.71 bits per heavy atom. The lowest BCUT2D eigenvalue weighted by atomic mass is 10.2. The predicted molar refractivity (Wildman–Crippen MR) is 77.2 cm³/mol. The van der Waals surface area contributed by atoms with E-state index in [-0.39, 0.29) is 23.9 Å². The summed E-state index contributed by atoms with van der Waals surface area (Å²) in [5, 5.41) is 10.3. The number of carbonyl (C=O) groups is 1. The molecule has 2 bridgehead atoms. The largest absolute Gasteiger partial charge is 0.508 e. The summed E-state index contributed by atoms with van der Waals surface area (Å²) in [6, 6.07) is 8.50. The van der Waals surface area contributed by atoms with Crippen molar-refractivity contribution < 1.29 is 14.6 Å². The first kappa shape index (κ1) is 12.6. The molecule has 2 aromatic rings. The van der Waals surface area contributed by atoms with Gasteiger partial charge in [-0.15, -0.1) is 0 Å². The Hall–Kier alpha value is -2.14. The van der Waals surface area contributed by atoms with Gasteiger partial charge in [0.2, 0.25) is 0 Å². The van der Waals surface area contributed by atoms with E-state index in [1.807, 2.05) is 11.0 Å². The third-order valence-electron chi connectivity index (χ3n) is 4.22. The van der Waals surface area contributed by atoms with E-state index in [9.17, 15) is 9.90 Å². The van der Waals surface area contributed by atoms with Crippen LogP contribution in [-0.2, 0) is 4.74 Å². The Balaban J connectivity index is 1.63. The summed E-state index contributed by atoms with van der Waals surface area (Å²) in [6.07, 6.45) is 2.45. The van der Waals surface area contributed by atoms with Gasteiger partial charge < -0.3 is 14.7 Å². The van der Waals surface area contributed by atoms with Crippen LogP contribution in [-0.4, -0.2) is 46.2 Å². The van der Waals surface area contributed by atoms with Gasteiger partial charge >= 0.3 is 0 Å². The van der Waals surface area contributed by atoms with Crippen LogP contribution in [0.1, 0.15) is 23.3 Å². The molecule has 1 N–H and O–H groups in total. The molecule has 5 heteroatoms. The molecule has 2 unspecified atom stereocenters. The third-order valence-corrected chi connectivity index (χ3v) is 4.22. The number of ether oxygens (including phenoxy) is 1. The van der Waals surface area contributed by atoms with Crippen molar-refractivity contribution in [1.29, 1.82) is 0 Å². The number of aromatic nitrogens is 1. The Bertz CT molecular complexity index is 704. The van der Waals surface area contributed by atoms with Gasteiger partial charge in [0.15, 0.2) is 0 Å². The van der Waals surface area contributed by atoms with Crippen LogP contribution < -0.4 is 0 Å². The summed E-state index contributed by atoms with van der Waals surface area (Å²) in [4.78, 5) is 18.9. The molecule has 4 rings (SSSR count). The van der Waals surface area contributed by atoms with Crippen LogP contribution in [0.4, 0.5) is 0 Å². The van der Waals surface area contributed by atoms with Gasteiger partial charge in [0, 0.05) is 18.5 Å². The van der Waals surface area contributed by atoms with E-state index in [1.165, 1.54) is 0 Å². The number of benzene rings is 1. The molecule has 1 aromatic heterocycles. The fourth-order valence-electron chi connectivity index (χ4n) is 3.17. The standard InChI is InChI=1S/C16H16N2O3/c19-11-2-6-14-10(7-11)1-5-15(17-14)16(20)18-8-12-3-4-13(9-18)21-12/h1-2,5-7,12-13,19H,3-4,8-9H2. The van der Waals surface area contributed by atoms with Gasteiger partial charge in [-0.1, -0.05) is 6.07 Å². The first-order valence-corrected chi connectivity index (χ1v) is 7.23. The molecule has 5 nitrogen and oxygen atoms in total. The Morgan fingerprint density at radius 1 is 1.19 bits per heavy atom. The molecule has 1 aromatic carbocycles. The maximum atomic E-state index is 12.6. The van der Waals surface area contributed by atoms with Crippen molar-refractivity contribution in [2.75, 3.05) is 13.1 Å². The molecule has 0 radical (unpaired) electrons. The number of hydrogen-bond acceptors (Lipinski definition) is 4. The molecule has 0 spiro atoms. The minimum atomic E-state index is -0.0369. The summed E-state index contributed by atoms with van der Waals surface area (Å²) in [7, 11) is 0. The number of carbonyl (C=O) groups excluding carboxylic acids is 1. The average molecular weight is 284 g/mol. The molecule has 108 valence electrons. The highest BCUT2D eigenvalue weighted by atomic mass is 16.5. The number of phenolic OH excluding ortho intramolecular Hbond substituents is 1. The lowest BCUT2D eigenvalue weighted by Gasteiger charge is -2.31. The number of likely N-dealkylation sites (tertiary alicyclic amines) is 1. The monoisotopic (exact) mass is 284 g/mol. The van der Waals surface area contributed by atoms with E-state index in [1.54, 1.807) is 24.3 Å². The van der Waals surface area contributed by atoms with Gasteiger partial charge in [0.05, 0.1) is 17.7 Å². The molecule has 1 amide bonds. The van der Waals surface area contributed by atoms with Crippen molar-refractivity contribution in [2.24, 2.45) is 0 Å². The Morgan fingerprint density at radius 2 is 1.95 bits per heavy atom. The van der Waals surface area contributed by atoms with Gasteiger partial charge in [-0.05, 0) is 37.1 Å². The predicted octanol–water partition coefficient (Wildman–Crippen LogP) is 1.94. The fourth-order valence-corrected chi connectivity index (χ4v) is 3.17. The molecule has 2 fully saturated rings. The summed E-state index contributed by atoms with van der Waals surface area (Å²) in [5.41, 5.74) is 1.17. The van der Waals surface area contributed by atoms with Crippen LogP contribution in [0.25, 0.3) is 10.9 Å². The Kier molecular flexibility index (Phi) is 2.82. The number of aromatic hydroxyl groups is 1. The number of amides is 1. The van der Waals surface area contributed by atoms with Crippen LogP contribution >= 0.6 is 0 Å². The molecule has 0 saturated carbocycles. The number of phenols is 1. The molecule has 21 heavy (non-hydrogen) atoms. The summed E-state index contributed by atoms with van der Waals surface area (Å²) >= 11 is 0. The van der Waals surface area contributed by atoms with Gasteiger partial charge in [-0.2, -0.15) is 0 Å². The maximum absolute atomic E-state index is 12.6. The number of hydrogen-bond donors (Lipinski definition) is 1. The topological polar surface area (TPSA) is 62.7 Å². The normalized spacial score (nSPS) is 24.5. The molecule has 2 aliphatic rings. The first-order chi connectivity index (χ1) is 10.2. The lowest BCUT2D eigenvalue weighted by molar-refractivity contribution is -0.0305. The summed E-state index contributed by atoms with van der Waals surface area (Å²) < 4.78 is 5.75. The summed E-state index contributed by atoms with van der Waals surface area (Å²) in [6.45, 7) is 1.31. The van der Waals surface area contributed by atoms with Gasteiger partial charge in [0.25, 0.3) is 5.91 Å². The zero-order valence-electron chi connectivity index (χ0n) is 11.5. The second-order valence-corrected chi connectivity index (χ2v) is 5.74. The molecule has 0 aliphatic carbocycles. The SMILES string of the molecule is O=C(c1ccc2cc(O)ccc2n1)N1CC2CCC(C1)O2. The van der Waals surface area contributed by atoms with E-state index in [4.69, 9.17) is 4.74 Å². The highest BCUT2D eigenvalue weighted by Gasteiger charge is 2.36. The molecule has 3 heterocycles. The minimum absolute atomic E-state index is 0.0369. The maximum Gasteiger partial charge on any atom is 0.272 e. The van der Waals surface area contributed by atoms with Gasteiger partial charge in [-0.25, -0.2) is 4.98 Å². The lowest BCUT2D eigenvalue weighted by Crippen LogP contribution is -2.46. The van der Waals surface area contributed by atoms with Crippen molar-refractivity contribution in [2.45, 2.75) is 25.0 Å². The van der Waals surface area contributed by atoms with Crippen LogP contribution in [0, 0.1) is 0 Å². The third kappa shape index (κ3) is 2.23. The quantitative estimate of drug-likeness (QED) is 0.869. The number of pyridine rings is 1. The fraction of sp³-hybridized carbons (Fsp3) is 0.375. The van der Waals surface area contributed by atoms with Crippen LogP contribution in [0.2, 0.25) is 0 Å². The van der Waals surface area contributed by atoms with Gasteiger partial charge in [-0.3, -0.25) is 4.79 Å². The van der Waals surface area contributed by atoms with Gasteiger partial charge in [0.1, 0.15) is 11.4 Å². The molecule has 2 saturated heterocycles. The average Bonchev–Trinajstić information content (AvgIpc) is 2.84. The second-order valence-electron chi connectivity index (χ2n) is 5.74. The van der Waals surface area contributed by atoms with E-state index >= 15 is 0 Å². The zero-order chi connectivity index (χ0) is 14.4. The molecular formula is C16H16N2O3. The molecule has 2 aliphatic heterocycles. The molecular weight excluding hydrogens is 268 g/mol. The number of morpholine rings is 1. The van der Waals surface area contributed by atoms with Crippen molar-refractivity contribution >= 4 is 16.8 Å². The first-order valence-electron chi connectivity index (χ1n) is 7.23. The minimum Gasteiger partial charge on any atom is -0.508 e. The number of rotatable bonds is 1. The highest BCUT2D eigenvalue weighted by molar-refractivity contribution is 5.95. The van der Waals surface area contributed by atoms with Crippen LogP contribution in [0.15, 0.2) is 30.3 Å². The molecule has 2 atom stereocenters. The van der Waals surface area contributed by atoms with Crippen molar-refractivity contribution in [1.82, 2.24) is 9.88 Å². The van der Waals surface area contributed by atoms with Crippen LogP contribution in [0.5, 0.6) is 5.75 Å². The van der Waals surface area contributed by atoms with Crippen molar-refractivity contribution in [3.63, 3.8) is 0 Å². The van der Waals surface area contributed by atoms with E-state index in [0.29, 0.717) is 18.8 Å². The van der Waals surface area contributed by atoms with E-state index in [2.05, 4.69) is 4.98 Å². The zero-order valence-corrected chi connectivity index (χ0v) is 11.5. The Labute approximate surface area is 122 Å². The number of nitrogens with zero attached hydrogens (tertiary/aromatic N) is 2. The number of fused-ring (bicyclic) bond motifs is 3. The van der Waals surface area contributed by atoms with E-state index in [0.717, 1.165) is 23.7 Å². The van der Waals surface area contributed by atoms with Crippen molar-refractivity contribution in [3.05, 3.63) is 36.0 Å². The second kappa shape index (κ2) is 4.70. The smallest absolute Gasteiger partial charge is 0.272 e. The summed E-state index contributed by atoms with van der Waals surface area (Å²) in [5.74, 6) is 0.165.